The molecule has 1 atom stereocenters. The van der Waals surface area contributed by atoms with Gasteiger partial charge in [0.2, 0.25) is 5.91 Å². The molecule has 0 radical (unpaired) electrons. The van der Waals surface area contributed by atoms with E-state index in [4.69, 9.17) is 10.9 Å². The van der Waals surface area contributed by atoms with Crippen LogP contribution in [0.5, 0.6) is 0 Å². The molecule has 0 aromatic heterocycles. The van der Waals surface area contributed by atoms with Crippen molar-refractivity contribution in [3.8, 4) is 0 Å². The number of aryl methyl sites for hydroxylation is 1. The molecular formula is C13H17F2N3O2. The topological polar surface area (TPSA) is 87.7 Å². The van der Waals surface area contributed by atoms with Crippen molar-refractivity contribution in [3.05, 3.63) is 29.3 Å². The number of anilines is 1. The number of hydrogen-bond acceptors (Lipinski definition) is 3. The van der Waals surface area contributed by atoms with Crippen LogP contribution in [0.15, 0.2) is 17.3 Å². The summed E-state index contributed by atoms with van der Waals surface area (Å²) in [5, 5.41) is 13.7. The van der Waals surface area contributed by atoms with E-state index in [9.17, 15) is 13.6 Å². The Balaban J connectivity index is 2.96. The largest absolute Gasteiger partial charge is 0.409 e. The minimum atomic E-state index is -0.895. The standard InChI is InChI=1S/C13H17F2N3O2/c1-3-4-8(12(16)18-20)13(19)17-11-6-9(14)7(2)5-10(11)15/h5-6,8,20H,3-4H2,1-2H3,(H2,16,18)(H,17,19). The Morgan fingerprint density at radius 1 is 1.45 bits per heavy atom. The summed E-state index contributed by atoms with van der Waals surface area (Å²) in [7, 11) is 0. The Morgan fingerprint density at radius 3 is 2.65 bits per heavy atom. The van der Waals surface area contributed by atoms with Crippen LogP contribution in [0.1, 0.15) is 25.3 Å². The van der Waals surface area contributed by atoms with E-state index in [1.165, 1.54) is 6.92 Å². The number of nitrogens with two attached hydrogens (primary N) is 1. The van der Waals surface area contributed by atoms with Crippen molar-refractivity contribution in [3.63, 3.8) is 0 Å². The predicted molar refractivity (Wildman–Crippen MR) is 71.5 cm³/mol. The van der Waals surface area contributed by atoms with E-state index in [2.05, 4.69) is 10.5 Å². The average molecular weight is 285 g/mol. The summed E-state index contributed by atoms with van der Waals surface area (Å²) in [4.78, 5) is 12.0. The fourth-order valence-electron chi connectivity index (χ4n) is 1.73. The van der Waals surface area contributed by atoms with E-state index < -0.39 is 23.5 Å². The Labute approximate surface area is 115 Å². The second-order valence-corrected chi connectivity index (χ2v) is 4.44. The van der Waals surface area contributed by atoms with Crippen molar-refractivity contribution in [2.45, 2.75) is 26.7 Å². The molecule has 5 nitrogen and oxygen atoms in total. The van der Waals surface area contributed by atoms with Gasteiger partial charge in [0.05, 0.1) is 11.6 Å². The Morgan fingerprint density at radius 2 is 2.10 bits per heavy atom. The molecule has 110 valence electrons. The maximum atomic E-state index is 13.6. The van der Waals surface area contributed by atoms with Crippen LogP contribution in [-0.4, -0.2) is 17.0 Å². The van der Waals surface area contributed by atoms with E-state index in [0.717, 1.165) is 12.1 Å². The van der Waals surface area contributed by atoms with E-state index in [1.807, 2.05) is 6.92 Å². The van der Waals surface area contributed by atoms with E-state index >= 15 is 0 Å². The zero-order valence-electron chi connectivity index (χ0n) is 11.3. The first-order chi connectivity index (χ1) is 9.40. The molecule has 7 heteroatoms. The van der Waals surface area contributed by atoms with Gasteiger partial charge in [-0.2, -0.15) is 0 Å². The van der Waals surface area contributed by atoms with Gasteiger partial charge in [0.25, 0.3) is 0 Å². The summed E-state index contributed by atoms with van der Waals surface area (Å²) >= 11 is 0. The first-order valence-electron chi connectivity index (χ1n) is 6.14. The highest BCUT2D eigenvalue weighted by Crippen LogP contribution is 2.20. The van der Waals surface area contributed by atoms with Crippen molar-refractivity contribution < 1.29 is 18.8 Å². The number of rotatable bonds is 5. The van der Waals surface area contributed by atoms with Crippen LogP contribution in [0.4, 0.5) is 14.5 Å². The highest BCUT2D eigenvalue weighted by Gasteiger charge is 2.23. The second-order valence-electron chi connectivity index (χ2n) is 4.44. The number of carbonyl (C=O) groups excluding carboxylic acids is 1. The molecule has 1 unspecified atom stereocenters. The molecule has 0 aliphatic heterocycles. The molecule has 1 amide bonds. The summed E-state index contributed by atoms with van der Waals surface area (Å²) in [5.74, 6) is -3.18. The first kappa shape index (κ1) is 15.9. The molecule has 20 heavy (non-hydrogen) atoms. The molecule has 0 saturated carbocycles. The molecule has 1 rings (SSSR count). The number of benzene rings is 1. The van der Waals surface area contributed by atoms with Gasteiger partial charge in [0.1, 0.15) is 11.6 Å². The Kier molecular flexibility index (Phi) is 5.42. The molecule has 1 aromatic carbocycles. The Bertz CT molecular complexity index is 533. The molecule has 0 spiro atoms. The van der Waals surface area contributed by atoms with Gasteiger partial charge < -0.3 is 16.3 Å². The van der Waals surface area contributed by atoms with Gasteiger partial charge in [-0.15, -0.1) is 0 Å². The van der Waals surface area contributed by atoms with E-state index in [1.54, 1.807) is 0 Å². The summed E-state index contributed by atoms with van der Waals surface area (Å²) < 4.78 is 27.0. The van der Waals surface area contributed by atoms with Crippen LogP contribution in [0.2, 0.25) is 0 Å². The smallest absolute Gasteiger partial charge is 0.235 e. The van der Waals surface area contributed by atoms with E-state index in [-0.39, 0.29) is 17.1 Å². The lowest BCUT2D eigenvalue weighted by atomic mass is 10.0. The number of amidine groups is 1. The third-order valence-corrected chi connectivity index (χ3v) is 2.87. The fraction of sp³-hybridized carbons (Fsp3) is 0.385. The quantitative estimate of drug-likeness (QED) is 0.336. The Hall–Kier alpha value is -2.18. The zero-order chi connectivity index (χ0) is 15.3. The molecule has 0 aliphatic carbocycles. The maximum Gasteiger partial charge on any atom is 0.235 e. The van der Waals surface area contributed by atoms with Gasteiger partial charge in [0, 0.05) is 6.07 Å². The number of amides is 1. The summed E-state index contributed by atoms with van der Waals surface area (Å²) in [6.45, 7) is 3.23. The lowest BCUT2D eigenvalue weighted by Crippen LogP contribution is -2.34. The molecule has 0 fully saturated rings. The third-order valence-electron chi connectivity index (χ3n) is 2.87. The van der Waals surface area contributed by atoms with E-state index in [0.29, 0.717) is 12.8 Å². The molecule has 0 bridgehead atoms. The first-order valence-corrected chi connectivity index (χ1v) is 6.14. The van der Waals surface area contributed by atoms with Crippen LogP contribution >= 0.6 is 0 Å². The normalized spacial score (nSPS) is 13.1. The SMILES string of the molecule is CCCC(C(=O)Nc1cc(F)c(C)cc1F)/C(N)=N/O. The van der Waals surface area contributed by atoms with Crippen LogP contribution in [0.25, 0.3) is 0 Å². The maximum absolute atomic E-state index is 13.6. The highest BCUT2D eigenvalue weighted by molar-refractivity contribution is 6.07. The van der Waals surface area contributed by atoms with Gasteiger partial charge in [-0.25, -0.2) is 8.78 Å². The minimum Gasteiger partial charge on any atom is -0.409 e. The number of oxime groups is 1. The van der Waals surface area contributed by atoms with Crippen molar-refractivity contribution >= 4 is 17.4 Å². The van der Waals surface area contributed by atoms with Crippen molar-refractivity contribution in [2.75, 3.05) is 5.32 Å². The molecule has 0 heterocycles. The number of carbonyl (C=O) groups is 1. The second kappa shape index (κ2) is 6.83. The summed E-state index contributed by atoms with van der Waals surface area (Å²) in [5.41, 5.74) is 5.29. The third kappa shape index (κ3) is 3.66. The van der Waals surface area contributed by atoms with Gasteiger partial charge in [0.15, 0.2) is 5.84 Å². The monoisotopic (exact) mass is 285 g/mol. The van der Waals surface area contributed by atoms with Crippen LogP contribution in [0.3, 0.4) is 0 Å². The number of nitrogens with one attached hydrogen (secondary N) is 1. The van der Waals surface area contributed by atoms with Crippen molar-refractivity contribution in [1.82, 2.24) is 0 Å². The average Bonchev–Trinajstić information content (AvgIpc) is 2.41. The summed E-state index contributed by atoms with van der Waals surface area (Å²) in [6, 6.07) is 1.89. The zero-order valence-corrected chi connectivity index (χ0v) is 11.3. The van der Waals surface area contributed by atoms with Gasteiger partial charge in [-0.1, -0.05) is 18.5 Å². The molecule has 0 aliphatic rings. The number of halogens is 2. The van der Waals surface area contributed by atoms with Crippen LogP contribution in [0, 0.1) is 24.5 Å². The van der Waals surface area contributed by atoms with Gasteiger partial charge in [-0.05, 0) is 25.0 Å². The molecule has 1 aromatic rings. The molecular weight excluding hydrogens is 268 g/mol. The molecule has 0 saturated heterocycles. The lowest BCUT2D eigenvalue weighted by Gasteiger charge is -2.15. The predicted octanol–water partition coefficient (Wildman–Crippen LogP) is 2.37. The minimum absolute atomic E-state index is 0.141. The van der Waals surface area contributed by atoms with Crippen molar-refractivity contribution in [1.29, 1.82) is 0 Å². The van der Waals surface area contributed by atoms with Crippen molar-refractivity contribution in [2.24, 2.45) is 16.8 Å². The lowest BCUT2D eigenvalue weighted by molar-refractivity contribution is -0.118. The highest BCUT2D eigenvalue weighted by atomic mass is 19.1. The number of nitrogens with zero attached hydrogens (tertiary/aromatic N) is 1. The van der Waals surface area contributed by atoms with Crippen LogP contribution in [-0.2, 0) is 4.79 Å². The van der Waals surface area contributed by atoms with Gasteiger partial charge >= 0.3 is 0 Å². The fourth-order valence-corrected chi connectivity index (χ4v) is 1.73. The molecule has 4 N–H and O–H groups in total. The number of hydrogen-bond donors (Lipinski definition) is 3. The van der Waals surface area contributed by atoms with Gasteiger partial charge in [-0.3, -0.25) is 4.79 Å². The van der Waals surface area contributed by atoms with Crippen LogP contribution < -0.4 is 11.1 Å². The summed E-state index contributed by atoms with van der Waals surface area (Å²) in [6.07, 6.45) is 0.941.